The zero-order valence-electron chi connectivity index (χ0n) is 17.2. The van der Waals surface area contributed by atoms with Crippen LogP contribution in [0.3, 0.4) is 0 Å². The van der Waals surface area contributed by atoms with Crippen molar-refractivity contribution in [1.29, 1.82) is 0 Å². The first-order valence-corrected chi connectivity index (χ1v) is 11.2. The van der Waals surface area contributed by atoms with Crippen LogP contribution in [0.4, 0.5) is 5.69 Å². The number of anilines is 1. The number of nitrogens with zero attached hydrogens (tertiary/aromatic N) is 1. The normalized spacial score (nSPS) is 12.1. The molecule has 0 bridgehead atoms. The van der Waals surface area contributed by atoms with Crippen LogP contribution < -0.4 is 19.1 Å². The number of rotatable bonds is 10. The van der Waals surface area contributed by atoms with E-state index >= 15 is 0 Å². The Bertz CT molecular complexity index is 896. The molecular formula is C21H28N2O5S. The first kappa shape index (κ1) is 22.5. The number of carbonyl (C=O) groups excluding carboxylic acids is 1. The standard InChI is InChI=1S/C21H28N2O5S/c1-5-20(21(24)22-15-14-16-6-10-18(27-2)11-7-16)23(29(4,25)26)17-8-12-19(28-3)13-9-17/h6-13,20H,5,14-15H2,1-4H3,(H,22,24). The maximum absolute atomic E-state index is 12.8. The summed E-state index contributed by atoms with van der Waals surface area (Å²) in [7, 11) is -0.517. The highest BCUT2D eigenvalue weighted by atomic mass is 32.2. The van der Waals surface area contributed by atoms with Gasteiger partial charge in [-0.2, -0.15) is 0 Å². The molecule has 0 heterocycles. The predicted octanol–water partition coefficient (Wildman–Crippen LogP) is 2.61. The van der Waals surface area contributed by atoms with Crippen molar-refractivity contribution in [3.05, 3.63) is 54.1 Å². The van der Waals surface area contributed by atoms with Gasteiger partial charge in [0.2, 0.25) is 15.9 Å². The van der Waals surface area contributed by atoms with Crippen molar-refractivity contribution in [3.63, 3.8) is 0 Å². The summed E-state index contributed by atoms with van der Waals surface area (Å²) >= 11 is 0. The molecule has 0 spiro atoms. The summed E-state index contributed by atoms with van der Waals surface area (Å²) in [4.78, 5) is 12.8. The van der Waals surface area contributed by atoms with E-state index in [0.29, 0.717) is 30.8 Å². The van der Waals surface area contributed by atoms with E-state index in [0.717, 1.165) is 21.9 Å². The van der Waals surface area contributed by atoms with Crippen molar-refractivity contribution in [2.45, 2.75) is 25.8 Å². The van der Waals surface area contributed by atoms with E-state index in [-0.39, 0.29) is 5.91 Å². The van der Waals surface area contributed by atoms with E-state index in [1.807, 2.05) is 24.3 Å². The van der Waals surface area contributed by atoms with Gasteiger partial charge < -0.3 is 14.8 Å². The molecule has 2 rings (SSSR count). The lowest BCUT2D eigenvalue weighted by Gasteiger charge is -2.30. The van der Waals surface area contributed by atoms with Gasteiger partial charge in [0.15, 0.2) is 0 Å². The average molecular weight is 421 g/mol. The molecule has 7 nitrogen and oxygen atoms in total. The fraction of sp³-hybridized carbons (Fsp3) is 0.381. The summed E-state index contributed by atoms with van der Waals surface area (Å²) in [5.41, 5.74) is 1.47. The summed E-state index contributed by atoms with van der Waals surface area (Å²) in [6.45, 7) is 2.19. The number of ether oxygens (including phenoxy) is 2. The fourth-order valence-electron chi connectivity index (χ4n) is 3.03. The Balaban J connectivity index is 2.10. The lowest BCUT2D eigenvalue weighted by molar-refractivity contribution is -0.122. The minimum atomic E-state index is -3.66. The molecule has 8 heteroatoms. The molecule has 0 saturated carbocycles. The molecule has 1 atom stereocenters. The minimum absolute atomic E-state index is 0.331. The smallest absolute Gasteiger partial charge is 0.243 e. The second-order valence-corrected chi connectivity index (χ2v) is 8.43. The molecule has 0 aliphatic carbocycles. The van der Waals surface area contributed by atoms with E-state index < -0.39 is 16.1 Å². The Kier molecular flexibility index (Phi) is 7.90. The molecule has 1 amide bonds. The highest BCUT2D eigenvalue weighted by Crippen LogP contribution is 2.25. The van der Waals surface area contributed by atoms with Gasteiger partial charge in [0.05, 0.1) is 26.2 Å². The van der Waals surface area contributed by atoms with Crippen LogP contribution in [-0.4, -0.2) is 47.4 Å². The number of hydrogen-bond donors (Lipinski definition) is 1. The van der Waals surface area contributed by atoms with Crippen molar-refractivity contribution >= 4 is 21.6 Å². The van der Waals surface area contributed by atoms with Crippen molar-refractivity contribution < 1.29 is 22.7 Å². The lowest BCUT2D eigenvalue weighted by Crippen LogP contribution is -2.49. The van der Waals surface area contributed by atoms with E-state index in [1.54, 1.807) is 38.3 Å². The molecule has 29 heavy (non-hydrogen) atoms. The highest BCUT2D eigenvalue weighted by Gasteiger charge is 2.31. The summed E-state index contributed by atoms with van der Waals surface area (Å²) < 4.78 is 36.3. The van der Waals surface area contributed by atoms with Gasteiger partial charge in [-0.05, 0) is 54.8 Å². The predicted molar refractivity (Wildman–Crippen MR) is 114 cm³/mol. The molecule has 0 aliphatic heterocycles. The number of methoxy groups -OCH3 is 2. The Morgan fingerprint density at radius 1 is 1.00 bits per heavy atom. The van der Waals surface area contributed by atoms with Gasteiger partial charge >= 0.3 is 0 Å². The molecule has 0 fully saturated rings. The van der Waals surface area contributed by atoms with Crippen LogP contribution in [0.15, 0.2) is 48.5 Å². The summed E-state index contributed by atoms with van der Waals surface area (Å²) in [5.74, 6) is 1.05. The second kappa shape index (κ2) is 10.2. The lowest BCUT2D eigenvalue weighted by atomic mass is 10.1. The third-order valence-corrected chi connectivity index (χ3v) is 5.71. The molecule has 2 aromatic carbocycles. The molecule has 0 aromatic heterocycles. The highest BCUT2D eigenvalue weighted by molar-refractivity contribution is 7.92. The maximum atomic E-state index is 12.8. The number of amides is 1. The number of benzene rings is 2. The average Bonchev–Trinajstić information content (AvgIpc) is 2.71. The monoisotopic (exact) mass is 420 g/mol. The van der Waals surface area contributed by atoms with Gasteiger partial charge in [-0.1, -0.05) is 19.1 Å². The zero-order chi connectivity index (χ0) is 21.4. The van der Waals surface area contributed by atoms with Gasteiger partial charge in [0, 0.05) is 6.54 Å². The van der Waals surface area contributed by atoms with Crippen LogP contribution in [0.25, 0.3) is 0 Å². The SMILES string of the molecule is CCC(C(=O)NCCc1ccc(OC)cc1)N(c1ccc(OC)cc1)S(C)(=O)=O. The van der Waals surface area contributed by atoms with Crippen LogP contribution >= 0.6 is 0 Å². The molecule has 0 saturated heterocycles. The van der Waals surface area contributed by atoms with E-state index in [2.05, 4.69) is 5.32 Å². The van der Waals surface area contributed by atoms with Crippen molar-refractivity contribution in [2.75, 3.05) is 31.3 Å². The summed E-state index contributed by atoms with van der Waals surface area (Å²) in [6, 6.07) is 13.4. The van der Waals surface area contributed by atoms with E-state index in [1.165, 1.54) is 7.11 Å². The van der Waals surface area contributed by atoms with Crippen LogP contribution in [0, 0.1) is 0 Å². The molecule has 1 unspecified atom stereocenters. The Morgan fingerprint density at radius 3 is 1.97 bits per heavy atom. The zero-order valence-corrected chi connectivity index (χ0v) is 18.0. The van der Waals surface area contributed by atoms with Gasteiger partial charge in [0.1, 0.15) is 17.5 Å². The van der Waals surface area contributed by atoms with E-state index in [4.69, 9.17) is 9.47 Å². The first-order chi connectivity index (χ1) is 13.8. The number of nitrogens with one attached hydrogen (secondary N) is 1. The van der Waals surface area contributed by atoms with E-state index in [9.17, 15) is 13.2 Å². The summed E-state index contributed by atoms with van der Waals surface area (Å²) in [5, 5.41) is 2.85. The van der Waals surface area contributed by atoms with Crippen LogP contribution in [-0.2, 0) is 21.2 Å². The van der Waals surface area contributed by atoms with Crippen molar-refractivity contribution in [2.24, 2.45) is 0 Å². The Hall–Kier alpha value is -2.74. The van der Waals surface area contributed by atoms with Gasteiger partial charge in [-0.15, -0.1) is 0 Å². The Labute approximate surface area is 172 Å². The first-order valence-electron chi connectivity index (χ1n) is 9.34. The molecule has 2 aromatic rings. The molecule has 0 radical (unpaired) electrons. The van der Waals surface area contributed by atoms with Crippen molar-refractivity contribution in [3.8, 4) is 11.5 Å². The summed E-state index contributed by atoms with van der Waals surface area (Å²) in [6.07, 6.45) is 2.07. The third kappa shape index (κ3) is 6.12. The van der Waals surface area contributed by atoms with Gasteiger partial charge in [-0.25, -0.2) is 8.42 Å². The largest absolute Gasteiger partial charge is 0.497 e. The maximum Gasteiger partial charge on any atom is 0.243 e. The van der Waals surface area contributed by atoms with Crippen LogP contribution in [0.2, 0.25) is 0 Å². The second-order valence-electron chi connectivity index (χ2n) is 6.57. The molecular weight excluding hydrogens is 392 g/mol. The van der Waals surface area contributed by atoms with Crippen molar-refractivity contribution in [1.82, 2.24) is 5.32 Å². The fourth-order valence-corrected chi connectivity index (χ4v) is 4.24. The Morgan fingerprint density at radius 2 is 1.52 bits per heavy atom. The van der Waals surface area contributed by atoms with Gasteiger partial charge in [-0.3, -0.25) is 9.10 Å². The number of carbonyl (C=O) groups is 1. The topological polar surface area (TPSA) is 84.9 Å². The molecule has 0 aliphatic rings. The third-order valence-electron chi connectivity index (χ3n) is 4.53. The van der Waals surface area contributed by atoms with Crippen LogP contribution in [0.5, 0.6) is 11.5 Å². The molecule has 158 valence electrons. The number of sulfonamides is 1. The number of hydrogen-bond acceptors (Lipinski definition) is 5. The van der Waals surface area contributed by atoms with Gasteiger partial charge in [0.25, 0.3) is 0 Å². The quantitative estimate of drug-likeness (QED) is 0.639. The molecule has 1 N–H and O–H groups in total. The minimum Gasteiger partial charge on any atom is -0.497 e. The van der Waals surface area contributed by atoms with Crippen LogP contribution in [0.1, 0.15) is 18.9 Å².